The lowest BCUT2D eigenvalue weighted by molar-refractivity contribution is 0.265. The molecule has 1 N–H and O–H groups in total. The molecule has 0 amide bonds. The first-order valence-electron chi connectivity index (χ1n) is 6.05. The van der Waals surface area contributed by atoms with E-state index in [1.807, 2.05) is 12.1 Å². The van der Waals surface area contributed by atoms with Crippen LogP contribution in [0.25, 0.3) is 0 Å². The second-order valence-electron chi connectivity index (χ2n) is 4.66. The van der Waals surface area contributed by atoms with Gasteiger partial charge in [0.1, 0.15) is 0 Å². The molecule has 0 spiro atoms. The Labute approximate surface area is 113 Å². The maximum Gasteiger partial charge on any atom is 0.0637 e. The molecular formula is C13H18Cl2N2. The highest BCUT2D eigenvalue weighted by molar-refractivity contribution is 6.42. The first kappa shape index (κ1) is 13.2. The summed E-state index contributed by atoms with van der Waals surface area (Å²) in [5.41, 5.74) is 1.12. The van der Waals surface area contributed by atoms with Crippen molar-refractivity contribution >= 4 is 23.2 Å². The summed E-state index contributed by atoms with van der Waals surface area (Å²) < 4.78 is 0. The fourth-order valence-electron chi connectivity index (χ4n) is 2.25. The molecule has 2 rings (SSSR count). The minimum atomic E-state index is 0.537. The topological polar surface area (TPSA) is 15.3 Å². The molecule has 17 heavy (non-hydrogen) atoms. The third-order valence-electron chi connectivity index (χ3n) is 3.10. The molecule has 1 aromatic rings. The van der Waals surface area contributed by atoms with E-state index in [2.05, 4.69) is 23.2 Å². The molecule has 0 aliphatic carbocycles. The highest BCUT2D eigenvalue weighted by Crippen LogP contribution is 2.26. The van der Waals surface area contributed by atoms with Crippen LogP contribution in [-0.4, -0.2) is 30.6 Å². The van der Waals surface area contributed by atoms with E-state index in [0.29, 0.717) is 16.1 Å². The fourth-order valence-corrected chi connectivity index (χ4v) is 2.63. The summed E-state index contributed by atoms with van der Waals surface area (Å²) in [5, 5.41) is 4.82. The predicted octanol–water partition coefficient (Wildman–Crippen LogP) is 3.18. The zero-order chi connectivity index (χ0) is 12.3. The van der Waals surface area contributed by atoms with Crippen LogP contribution in [0.15, 0.2) is 18.2 Å². The largest absolute Gasteiger partial charge is 0.313 e. The number of halogens is 2. The van der Waals surface area contributed by atoms with E-state index in [1.165, 1.54) is 6.42 Å². The quantitative estimate of drug-likeness (QED) is 0.890. The lowest BCUT2D eigenvalue weighted by Crippen LogP contribution is -2.35. The van der Waals surface area contributed by atoms with Gasteiger partial charge in [0.25, 0.3) is 0 Å². The van der Waals surface area contributed by atoms with Gasteiger partial charge in [0.2, 0.25) is 0 Å². The Kier molecular flexibility index (Phi) is 4.69. The van der Waals surface area contributed by atoms with Crippen LogP contribution in [0.4, 0.5) is 0 Å². The number of hydrogen-bond donors (Lipinski definition) is 1. The molecule has 1 atom stereocenters. The summed E-state index contributed by atoms with van der Waals surface area (Å²) in [6.07, 6.45) is 1.18. The maximum atomic E-state index is 6.22. The van der Waals surface area contributed by atoms with Gasteiger partial charge in [-0.15, -0.1) is 0 Å². The minimum absolute atomic E-state index is 0.537. The van der Waals surface area contributed by atoms with E-state index >= 15 is 0 Å². The molecule has 1 aliphatic rings. The van der Waals surface area contributed by atoms with Gasteiger partial charge < -0.3 is 5.32 Å². The van der Waals surface area contributed by atoms with Gasteiger partial charge >= 0.3 is 0 Å². The Hall–Kier alpha value is -0.280. The van der Waals surface area contributed by atoms with Gasteiger partial charge in [-0.1, -0.05) is 35.3 Å². The second-order valence-corrected chi connectivity index (χ2v) is 5.44. The molecule has 4 heteroatoms. The van der Waals surface area contributed by atoms with Crippen molar-refractivity contribution in [2.45, 2.75) is 25.9 Å². The number of hydrogen-bond acceptors (Lipinski definition) is 2. The fraction of sp³-hybridized carbons (Fsp3) is 0.538. The summed E-state index contributed by atoms with van der Waals surface area (Å²) in [6, 6.07) is 6.38. The van der Waals surface area contributed by atoms with E-state index in [1.54, 1.807) is 0 Å². The molecule has 1 aliphatic heterocycles. The summed E-state index contributed by atoms with van der Waals surface area (Å²) >= 11 is 12.2. The van der Waals surface area contributed by atoms with Crippen LogP contribution in [0.2, 0.25) is 10.0 Å². The van der Waals surface area contributed by atoms with Crippen molar-refractivity contribution in [3.8, 4) is 0 Å². The number of nitrogens with zero attached hydrogens (tertiary/aromatic N) is 1. The maximum absolute atomic E-state index is 6.22. The highest BCUT2D eigenvalue weighted by atomic mass is 35.5. The Morgan fingerprint density at radius 2 is 2.24 bits per heavy atom. The molecule has 1 fully saturated rings. The van der Waals surface area contributed by atoms with Gasteiger partial charge in [0.15, 0.2) is 0 Å². The Morgan fingerprint density at radius 3 is 3.06 bits per heavy atom. The van der Waals surface area contributed by atoms with Crippen LogP contribution in [0.3, 0.4) is 0 Å². The molecule has 0 aromatic heterocycles. The van der Waals surface area contributed by atoms with Gasteiger partial charge in [-0.25, -0.2) is 0 Å². The third-order valence-corrected chi connectivity index (χ3v) is 3.96. The second kappa shape index (κ2) is 6.05. The van der Waals surface area contributed by atoms with Crippen LogP contribution in [-0.2, 0) is 6.54 Å². The van der Waals surface area contributed by atoms with Crippen molar-refractivity contribution in [1.82, 2.24) is 10.2 Å². The van der Waals surface area contributed by atoms with Gasteiger partial charge in [0, 0.05) is 19.1 Å². The van der Waals surface area contributed by atoms with E-state index in [9.17, 15) is 0 Å². The van der Waals surface area contributed by atoms with Gasteiger partial charge in [-0.2, -0.15) is 0 Å². The van der Waals surface area contributed by atoms with Crippen molar-refractivity contribution in [2.75, 3.05) is 19.6 Å². The first-order valence-corrected chi connectivity index (χ1v) is 6.81. The lowest BCUT2D eigenvalue weighted by atomic mass is 10.2. The Bertz CT molecular complexity index is 382. The van der Waals surface area contributed by atoms with Crippen molar-refractivity contribution in [3.63, 3.8) is 0 Å². The molecule has 0 saturated carbocycles. The number of benzene rings is 1. The molecule has 0 radical (unpaired) electrons. The molecule has 1 aromatic carbocycles. The first-order chi connectivity index (χ1) is 8.16. The lowest BCUT2D eigenvalue weighted by Gasteiger charge is -2.22. The summed E-state index contributed by atoms with van der Waals surface area (Å²) in [7, 11) is 0. The van der Waals surface area contributed by atoms with Crippen LogP contribution in [0.5, 0.6) is 0 Å². The predicted molar refractivity (Wildman–Crippen MR) is 73.8 cm³/mol. The zero-order valence-corrected chi connectivity index (χ0v) is 11.6. The smallest absolute Gasteiger partial charge is 0.0637 e. The van der Waals surface area contributed by atoms with Gasteiger partial charge in [-0.05, 0) is 38.1 Å². The van der Waals surface area contributed by atoms with Crippen LogP contribution < -0.4 is 5.32 Å². The van der Waals surface area contributed by atoms with Crippen LogP contribution in [0, 0.1) is 0 Å². The van der Waals surface area contributed by atoms with Crippen LogP contribution >= 0.6 is 23.2 Å². The SMILES string of the molecule is CC1CN(Cc2cccc(Cl)c2Cl)CCCN1. The number of nitrogens with one attached hydrogen (secondary N) is 1. The summed E-state index contributed by atoms with van der Waals surface area (Å²) in [4.78, 5) is 2.43. The van der Waals surface area contributed by atoms with Crippen molar-refractivity contribution in [1.29, 1.82) is 0 Å². The molecule has 2 nitrogen and oxygen atoms in total. The minimum Gasteiger partial charge on any atom is -0.313 e. The van der Waals surface area contributed by atoms with Gasteiger partial charge in [0.05, 0.1) is 10.0 Å². The van der Waals surface area contributed by atoms with E-state index < -0.39 is 0 Å². The monoisotopic (exact) mass is 272 g/mol. The van der Waals surface area contributed by atoms with E-state index in [0.717, 1.165) is 31.7 Å². The van der Waals surface area contributed by atoms with E-state index in [4.69, 9.17) is 23.2 Å². The Morgan fingerprint density at radius 1 is 1.41 bits per heavy atom. The molecule has 1 unspecified atom stereocenters. The van der Waals surface area contributed by atoms with Gasteiger partial charge in [-0.3, -0.25) is 4.90 Å². The summed E-state index contributed by atoms with van der Waals surface area (Å²) in [6.45, 7) is 6.37. The summed E-state index contributed by atoms with van der Waals surface area (Å²) in [5.74, 6) is 0. The standard InChI is InChI=1S/C13H18Cl2N2/c1-10-8-17(7-3-6-16-10)9-11-4-2-5-12(14)13(11)15/h2,4-5,10,16H,3,6-9H2,1H3. The third kappa shape index (κ3) is 3.59. The zero-order valence-electron chi connectivity index (χ0n) is 10.0. The molecule has 0 bridgehead atoms. The Balaban J connectivity index is 2.06. The number of rotatable bonds is 2. The molecular weight excluding hydrogens is 255 g/mol. The molecule has 1 heterocycles. The highest BCUT2D eigenvalue weighted by Gasteiger charge is 2.15. The van der Waals surface area contributed by atoms with Crippen molar-refractivity contribution < 1.29 is 0 Å². The van der Waals surface area contributed by atoms with Crippen molar-refractivity contribution in [3.05, 3.63) is 33.8 Å². The normalized spacial score (nSPS) is 22.4. The molecule has 1 saturated heterocycles. The van der Waals surface area contributed by atoms with E-state index in [-0.39, 0.29) is 0 Å². The average Bonchev–Trinajstić information content (AvgIpc) is 2.49. The van der Waals surface area contributed by atoms with Crippen LogP contribution in [0.1, 0.15) is 18.9 Å². The van der Waals surface area contributed by atoms with Crippen molar-refractivity contribution in [2.24, 2.45) is 0 Å². The average molecular weight is 273 g/mol. The molecule has 94 valence electrons.